The zero-order valence-corrected chi connectivity index (χ0v) is 29.7. The number of halogens is 3. The number of ether oxygens (including phenoxy) is 1. The number of methoxy groups -OCH3 is 1. The Hall–Kier alpha value is -5.51. The van der Waals surface area contributed by atoms with Gasteiger partial charge >= 0.3 is 11.9 Å². The molecule has 1 aliphatic carbocycles. The molecule has 0 radical (unpaired) electrons. The molecule has 1 saturated carbocycles. The lowest BCUT2D eigenvalue weighted by Gasteiger charge is -2.41. The van der Waals surface area contributed by atoms with Gasteiger partial charge in [0, 0.05) is 42.8 Å². The van der Waals surface area contributed by atoms with Crippen molar-refractivity contribution in [1.29, 1.82) is 0 Å². The number of imide groups is 1. The molecule has 16 heteroatoms. The smallest absolute Gasteiger partial charge is 0.433 e. The number of benzene rings is 2. The molecule has 2 aromatic carbocycles. The Balaban J connectivity index is 0.888. The number of amides is 3. The number of likely N-dealkylation sites (tertiary alicyclic amines) is 1. The van der Waals surface area contributed by atoms with E-state index in [4.69, 9.17) is 9.84 Å². The fourth-order valence-electron chi connectivity index (χ4n) is 8.35. The Morgan fingerprint density at radius 3 is 2.54 bits per heavy atom. The molecule has 5 aromatic rings. The van der Waals surface area contributed by atoms with Crippen molar-refractivity contribution in [3.63, 3.8) is 0 Å². The van der Waals surface area contributed by atoms with Crippen LogP contribution in [0.15, 0.2) is 59.5 Å². The Kier molecular flexibility index (Phi) is 9.02. The molecule has 8 rings (SSSR count). The molecule has 3 amide bonds. The van der Waals surface area contributed by atoms with E-state index in [0.29, 0.717) is 22.9 Å². The fraction of sp³-hybridized carbons (Fsp3) is 0.421. The number of rotatable bonds is 8. The predicted octanol–water partition coefficient (Wildman–Crippen LogP) is 5.17. The van der Waals surface area contributed by atoms with Gasteiger partial charge in [0.05, 0.1) is 29.7 Å². The summed E-state index contributed by atoms with van der Waals surface area (Å²) in [5, 5.41) is 10.6. The van der Waals surface area contributed by atoms with Gasteiger partial charge < -0.3 is 15.0 Å². The minimum Gasteiger partial charge on any atom is -0.496 e. The predicted molar refractivity (Wildman–Crippen MR) is 192 cm³/mol. The van der Waals surface area contributed by atoms with Gasteiger partial charge in [-0.3, -0.25) is 33.5 Å². The van der Waals surface area contributed by atoms with Crippen LogP contribution in [-0.4, -0.2) is 73.3 Å². The molecule has 3 aliphatic rings. The van der Waals surface area contributed by atoms with Crippen LogP contribution in [0.25, 0.3) is 21.9 Å². The zero-order chi connectivity index (χ0) is 37.9. The van der Waals surface area contributed by atoms with Crippen LogP contribution in [0.2, 0.25) is 0 Å². The number of nitrogens with zero attached hydrogens (tertiary/aromatic N) is 6. The Bertz CT molecular complexity index is 2350. The fourth-order valence-corrected chi connectivity index (χ4v) is 8.35. The number of aromatic nitrogens is 5. The van der Waals surface area contributed by atoms with Crippen molar-refractivity contribution >= 4 is 45.3 Å². The number of pyridine rings is 1. The molecule has 13 nitrogen and oxygen atoms in total. The van der Waals surface area contributed by atoms with Gasteiger partial charge in [-0.15, -0.1) is 0 Å². The van der Waals surface area contributed by atoms with Crippen LogP contribution in [-0.2, 0) is 22.8 Å². The van der Waals surface area contributed by atoms with Crippen LogP contribution in [0.5, 0.6) is 5.75 Å². The number of carbonyl (C=O) groups is 3. The third-order valence-corrected chi connectivity index (χ3v) is 11.1. The van der Waals surface area contributed by atoms with Gasteiger partial charge in [0.1, 0.15) is 23.2 Å². The van der Waals surface area contributed by atoms with Gasteiger partial charge in [-0.2, -0.15) is 18.3 Å². The van der Waals surface area contributed by atoms with Crippen LogP contribution in [0.4, 0.5) is 18.9 Å². The molecular formula is C38H39F3N8O5. The number of anilines is 1. The molecule has 2 saturated heterocycles. The first kappa shape index (κ1) is 35.5. The first-order valence-electron chi connectivity index (χ1n) is 18.1. The van der Waals surface area contributed by atoms with E-state index in [0.717, 1.165) is 79.4 Å². The molecule has 3 aromatic heterocycles. The van der Waals surface area contributed by atoms with Gasteiger partial charge in [0.25, 0.3) is 5.91 Å². The van der Waals surface area contributed by atoms with Crippen molar-refractivity contribution < 1.29 is 32.3 Å². The van der Waals surface area contributed by atoms with Crippen LogP contribution in [0, 0.1) is 5.92 Å². The van der Waals surface area contributed by atoms with E-state index >= 15 is 0 Å². The SMILES string of the molecule is COc1ccc2c(c1C1CCN(C[C@H]3C[C@H](n4cc5cc(NC(=O)c6cccc(C(F)(F)F)n6)ccc5n4)C3)CC1)n(C)c(=O)n2C1CCC(=O)NC1=O. The summed E-state index contributed by atoms with van der Waals surface area (Å²) >= 11 is 0. The van der Waals surface area contributed by atoms with Crippen molar-refractivity contribution in [2.45, 2.75) is 62.7 Å². The van der Waals surface area contributed by atoms with E-state index < -0.39 is 29.7 Å². The third kappa shape index (κ3) is 6.52. The van der Waals surface area contributed by atoms with Gasteiger partial charge in [-0.25, -0.2) is 9.78 Å². The van der Waals surface area contributed by atoms with Crippen molar-refractivity contribution in [2.24, 2.45) is 13.0 Å². The van der Waals surface area contributed by atoms with E-state index in [1.165, 1.54) is 10.6 Å². The highest BCUT2D eigenvalue weighted by molar-refractivity contribution is 6.04. The summed E-state index contributed by atoms with van der Waals surface area (Å²) in [6.45, 7) is 2.75. The quantitative estimate of drug-likeness (QED) is 0.207. The molecule has 2 N–H and O–H groups in total. The molecule has 1 unspecified atom stereocenters. The molecule has 1 atom stereocenters. The minimum absolute atomic E-state index is 0.157. The summed E-state index contributed by atoms with van der Waals surface area (Å²) < 4.78 is 50.1. The topological polar surface area (TPSA) is 145 Å². The van der Waals surface area contributed by atoms with Crippen LogP contribution < -0.4 is 21.1 Å². The lowest BCUT2D eigenvalue weighted by Crippen LogP contribution is -2.44. The minimum atomic E-state index is -4.65. The number of hydrogen-bond acceptors (Lipinski definition) is 8. The van der Waals surface area contributed by atoms with E-state index in [1.54, 1.807) is 36.9 Å². The summed E-state index contributed by atoms with van der Waals surface area (Å²) in [6, 6.07) is 11.6. The second kappa shape index (κ2) is 13.7. The number of fused-ring (bicyclic) bond motifs is 2. The third-order valence-electron chi connectivity index (χ3n) is 11.1. The van der Waals surface area contributed by atoms with E-state index in [9.17, 15) is 32.3 Å². The number of alkyl halides is 3. The van der Waals surface area contributed by atoms with Gasteiger partial charge in [-0.05, 0) is 99.5 Å². The molecular weight excluding hydrogens is 705 g/mol. The maximum atomic E-state index is 13.5. The largest absolute Gasteiger partial charge is 0.496 e. The second-order valence-corrected chi connectivity index (χ2v) is 14.5. The van der Waals surface area contributed by atoms with Crippen molar-refractivity contribution in [1.82, 2.24) is 34.1 Å². The van der Waals surface area contributed by atoms with Gasteiger partial charge in [-0.1, -0.05) is 6.07 Å². The van der Waals surface area contributed by atoms with Crippen molar-refractivity contribution in [3.8, 4) is 5.75 Å². The second-order valence-electron chi connectivity index (χ2n) is 14.5. The highest BCUT2D eigenvalue weighted by Gasteiger charge is 2.37. The number of nitrogens with one attached hydrogen (secondary N) is 2. The van der Waals surface area contributed by atoms with Crippen LogP contribution >= 0.6 is 0 Å². The maximum Gasteiger partial charge on any atom is 0.433 e. The number of imidazole rings is 1. The Labute approximate surface area is 307 Å². The molecule has 54 heavy (non-hydrogen) atoms. The van der Waals surface area contributed by atoms with Crippen LogP contribution in [0.3, 0.4) is 0 Å². The Morgan fingerprint density at radius 1 is 1.04 bits per heavy atom. The lowest BCUT2D eigenvalue weighted by atomic mass is 9.79. The standard InChI is InChI=1S/C38H39F3N8O5/c1-46-34-28(49(37(46)53)29-9-11-32(50)44-36(29)52)8-10-30(54-2)33(34)22-12-14-47(15-13-22)19-21-16-25(17-21)48-20-23-18-24(6-7-26(23)45-48)42-35(51)27-4-3-5-31(43-27)38(39,40)41/h3-8,10,18,20-22,25,29H,9,11-17,19H2,1-2H3,(H,42,51)(H,44,50,52)/t21-,25-,29?. The van der Waals surface area contributed by atoms with E-state index in [1.807, 2.05) is 23.0 Å². The number of carbonyl (C=O) groups excluding carboxylic acids is 3. The average molecular weight is 745 g/mol. The molecule has 3 fully saturated rings. The zero-order valence-electron chi connectivity index (χ0n) is 29.7. The maximum absolute atomic E-state index is 13.5. The number of hydrogen-bond donors (Lipinski definition) is 2. The number of piperidine rings is 2. The first-order valence-corrected chi connectivity index (χ1v) is 18.1. The van der Waals surface area contributed by atoms with E-state index in [2.05, 4.69) is 20.5 Å². The monoisotopic (exact) mass is 744 g/mol. The number of aryl methyl sites for hydroxylation is 1. The van der Waals surface area contributed by atoms with Gasteiger partial charge in [0.2, 0.25) is 11.8 Å². The summed E-state index contributed by atoms with van der Waals surface area (Å²) in [7, 11) is 3.35. The first-order chi connectivity index (χ1) is 25.9. The van der Waals surface area contributed by atoms with Crippen molar-refractivity contribution in [2.75, 3.05) is 32.1 Å². The van der Waals surface area contributed by atoms with E-state index in [-0.39, 0.29) is 42.1 Å². The molecule has 282 valence electrons. The van der Waals surface area contributed by atoms with Gasteiger partial charge in [0.15, 0.2) is 0 Å². The summed E-state index contributed by atoms with van der Waals surface area (Å²) in [5.74, 6) is -0.138. The summed E-state index contributed by atoms with van der Waals surface area (Å²) in [4.78, 5) is 56.7. The Morgan fingerprint density at radius 2 is 1.81 bits per heavy atom. The average Bonchev–Trinajstić information content (AvgIpc) is 3.66. The highest BCUT2D eigenvalue weighted by Crippen LogP contribution is 2.42. The van der Waals surface area contributed by atoms with Crippen LogP contribution in [0.1, 0.15) is 78.3 Å². The molecule has 0 spiro atoms. The normalized spacial score (nSPS) is 21.3. The molecule has 0 bridgehead atoms. The molecule has 2 aliphatic heterocycles. The summed E-state index contributed by atoms with van der Waals surface area (Å²) in [6.07, 6.45) is 1.46. The van der Waals surface area contributed by atoms with Crippen molar-refractivity contribution in [3.05, 3.63) is 82.2 Å². The molecule has 5 heterocycles. The lowest BCUT2D eigenvalue weighted by molar-refractivity contribution is -0.141. The highest BCUT2D eigenvalue weighted by atomic mass is 19.4. The summed E-state index contributed by atoms with van der Waals surface area (Å²) in [5.41, 5.74) is 1.85.